The molecular weight excluding hydrogens is 248 g/mol. The maximum atomic E-state index is 10.3. The van der Waals surface area contributed by atoms with Gasteiger partial charge >= 0.3 is 0 Å². The minimum atomic E-state index is -0.519. The van der Waals surface area contributed by atoms with E-state index in [-0.39, 0.29) is 0 Å². The fraction of sp³-hybridized carbons (Fsp3) is 0.357. The molecule has 0 amide bonds. The summed E-state index contributed by atoms with van der Waals surface area (Å²) in [4.78, 5) is 0. The van der Waals surface area contributed by atoms with Crippen LogP contribution in [0.3, 0.4) is 0 Å². The average molecular weight is 265 g/mol. The number of hydrogen-bond acceptors (Lipinski definition) is 2. The van der Waals surface area contributed by atoms with Gasteiger partial charge in [-0.25, -0.2) is 0 Å². The molecule has 1 unspecified atom stereocenters. The van der Waals surface area contributed by atoms with E-state index in [1.165, 1.54) is 0 Å². The predicted molar refractivity (Wildman–Crippen MR) is 72.7 cm³/mol. The molecule has 96 valence electrons. The van der Waals surface area contributed by atoms with Crippen LogP contribution in [0.5, 0.6) is 0 Å². The summed E-state index contributed by atoms with van der Waals surface area (Å²) in [6.45, 7) is 2.04. The van der Waals surface area contributed by atoms with E-state index in [1.807, 2.05) is 44.4 Å². The molecule has 4 heteroatoms. The Morgan fingerprint density at radius 1 is 1.33 bits per heavy atom. The first-order chi connectivity index (χ1) is 8.60. The lowest BCUT2D eigenvalue weighted by molar-refractivity contribution is 0.177. The molecule has 1 heterocycles. The first-order valence-electron chi connectivity index (χ1n) is 6.05. The number of benzene rings is 1. The Hall–Kier alpha value is -1.32. The van der Waals surface area contributed by atoms with Crippen molar-refractivity contribution in [3.8, 4) is 0 Å². The van der Waals surface area contributed by atoms with Gasteiger partial charge in [-0.15, -0.1) is 0 Å². The molecule has 0 saturated heterocycles. The molecule has 0 saturated carbocycles. The molecule has 0 aliphatic heterocycles. The highest BCUT2D eigenvalue weighted by molar-refractivity contribution is 6.30. The van der Waals surface area contributed by atoms with E-state index in [0.717, 1.165) is 23.2 Å². The number of hydrogen-bond donors (Lipinski definition) is 1. The average Bonchev–Trinajstić information content (AvgIpc) is 2.73. The molecule has 0 aliphatic rings. The summed E-state index contributed by atoms with van der Waals surface area (Å²) in [7, 11) is 1.87. The second-order valence-electron chi connectivity index (χ2n) is 4.40. The Labute approximate surface area is 112 Å². The highest BCUT2D eigenvalue weighted by Crippen LogP contribution is 2.22. The molecule has 2 aromatic rings. The van der Waals surface area contributed by atoms with Gasteiger partial charge in [0.1, 0.15) is 0 Å². The predicted octanol–water partition coefficient (Wildman–Crippen LogP) is 2.91. The standard InChI is InChI=1S/C14H17ClN2O/c1-3-13-12(9-17(2)16-13)14(18)8-10-4-6-11(15)7-5-10/h4-7,9,14,18H,3,8H2,1-2H3. The van der Waals surface area contributed by atoms with Crippen LogP contribution < -0.4 is 0 Å². The molecule has 3 nitrogen and oxygen atoms in total. The second-order valence-corrected chi connectivity index (χ2v) is 4.84. The maximum Gasteiger partial charge on any atom is 0.0863 e. The lowest BCUT2D eigenvalue weighted by Crippen LogP contribution is -2.03. The fourth-order valence-electron chi connectivity index (χ4n) is 2.06. The summed E-state index contributed by atoms with van der Waals surface area (Å²) in [5.41, 5.74) is 2.94. The molecule has 1 aromatic carbocycles. The Morgan fingerprint density at radius 2 is 2.00 bits per heavy atom. The molecule has 0 fully saturated rings. The van der Waals surface area contributed by atoms with Crippen molar-refractivity contribution in [2.45, 2.75) is 25.9 Å². The smallest absolute Gasteiger partial charge is 0.0863 e. The molecule has 1 atom stereocenters. The van der Waals surface area contributed by atoms with E-state index in [2.05, 4.69) is 5.10 Å². The van der Waals surface area contributed by atoms with E-state index < -0.39 is 6.10 Å². The van der Waals surface area contributed by atoms with Gasteiger partial charge in [-0.1, -0.05) is 30.7 Å². The molecule has 0 radical (unpaired) electrons. The van der Waals surface area contributed by atoms with Crippen LogP contribution in [-0.4, -0.2) is 14.9 Å². The summed E-state index contributed by atoms with van der Waals surface area (Å²) in [5.74, 6) is 0. The Balaban J connectivity index is 2.16. The van der Waals surface area contributed by atoms with Crippen molar-refractivity contribution in [3.05, 3.63) is 52.3 Å². The van der Waals surface area contributed by atoms with Gasteiger partial charge in [-0.2, -0.15) is 5.10 Å². The van der Waals surface area contributed by atoms with Crippen molar-refractivity contribution >= 4 is 11.6 Å². The zero-order valence-corrected chi connectivity index (χ0v) is 11.4. The zero-order chi connectivity index (χ0) is 13.1. The highest BCUT2D eigenvalue weighted by Gasteiger charge is 2.15. The van der Waals surface area contributed by atoms with Crippen LogP contribution in [0.4, 0.5) is 0 Å². The Bertz CT molecular complexity index is 519. The molecule has 1 aromatic heterocycles. The van der Waals surface area contributed by atoms with Gasteiger partial charge in [-0.3, -0.25) is 4.68 Å². The molecule has 0 aliphatic carbocycles. The summed E-state index contributed by atoms with van der Waals surface area (Å²) in [5, 5.41) is 15.3. The molecule has 2 rings (SSSR count). The van der Waals surface area contributed by atoms with Gasteiger partial charge in [0.15, 0.2) is 0 Å². The Morgan fingerprint density at radius 3 is 2.61 bits per heavy atom. The van der Waals surface area contributed by atoms with Crippen molar-refractivity contribution in [1.82, 2.24) is 9.78 Å². The SMILES string of the molecule is CCc1nn(C)cc1C(O)Cc1ccc(Cl)cc1. The summed E-state index contributed by atoms with van der Waals surface area (Å²) in [6, 6.07) is 7.56. The van der Waals surface area contributed by atoms with Gasteiger partial charge < -0.3 is 5.11 Å². The summed E-state index contributed by atoms with van der Waals surface area (Å²) >= 11 is 5.84. The van der Waals surface area contributed by atoms with Crippen LogP contribution in [0.2, 0.25) is 5.02 Å². The largest absolute Gasteiger partial charge is 0.388 e. The third-order valence-corrected chi connectivity index (χ3v) is 3.23. The second kappa shape index (κ2) is 5.55. The zero-order valence-electron chi connectivity index (χ0n) is 10.6. The van der Waals surface area contributed by atoms with Crippen LogP contribution in [0.15, 0.2) is 30.5 Å². The van der Waals surface area contributed by atoms with Crippen molar-refractivity contribution in [2.75, 3.05) is 0 Å². The van der Waals surface area contributed by atoms with E-state index in [9.17, 15) is 5.11 Å². The van der Waals surface area contributed by atoms with Gasteiger partial charge in [-0.05, 0) is 24.1 Å². The van der Waals surface area contributed by atoms with Crippen molar-refractivity contribution in [2.24, 2.45) is 7.05 Å². The number of aliphatic hydroxyl groups excluding tert-OH is 1. The molecule has 18 heavy (non-hydrogen) atoms. The monoisotopic (exact) mass is 264 g/mol. The van der Waals surface area contributed by atoms with Crippen molar-refractivity contribution < 1.29 is 5.11 Å². The van der Waals surface area contributed by atoms with Gasteiger partial charge in [0.25, 0.3) is 0 Å². The third kappa shape index (κ3) is 2.92. The first kappa shape index (κ1) is 13.1. The number of aromatic nitrogens is 2. The third-order valence-electron chi connectivity index (χ3n) is 2.97. The molecule has 0 spiro atoms. The first-order valence-corrected chi connectivity index (χ1v) is 6.43. The van der Waals surface area contributed by atoms with E-state index in [0.29, 0.717) is 11.4 Å². The van der Waals surface area contributed by atoms with Gasteiger partial charge in [0, 0.05) is 30.3 Å². The van der Waals surface area contributed by atoms with Gasteiger partial charge in [0.2, 0.25) is 0 Å². The highest BCUT2D eigenvalue weighted by atomic mass is 35.5. The maximum absolute atomic E-state index is 10.3. The Kier molecular flexibility index (Phi) is 4.04. The topological polar surface area (TPSA) is 38.0 Å². The van der Waals surface area contributed by atoms with E-state index >= 15 is 0 Å². The molecule has 0 bridgehead atoms. The van der Waals surface area contributed by atoms with E-state index in [4.69, 9.17) is 11.6 Å². The normalized spacial score (nSPS) is 12.7. The van der Waals surface area contributed by atoms with Crippen LogP contribution in [0.25, 0.3) is 0 Å². The van der Waals surface area contributed by atoms with Crippen LogP contribution in [0.1, 0.15) is 29.8 Å². The van der Waals surface area contributed by atoms with E-state index in [1.54, 1.807) is 4.68 Å². The fourth-order valence-corrected chi connectivity index (χ4v) is 2.19. The van der Waals surface area contributed by atoms with Gasteiger partial charge in [0.05, 0.1) is 11.8 Å². The summed E-state index contributed by atoms with van der Waals surface area (Å²) < 4.78 is 1.75. The summed E-state index contributed by atoms with van der Waals surface area (Å²) in [6.07, 6.45) is 2.78. The quantitative estimate of drug-likeness (QED) is 0.922. The number of halogens is 1. The van der Waals surface area contributed by atoms with Crippen LogP contribution in [-0.2, 0) is 19.9 Å². The minimum Gasteiger partial charge on any atom is -0.388 e. The molecule has 1 N–H and O–H groups in total. The molecular formula is C14H17ClN2O. The van der Waals surface area contributed by atoms with Crippen molar-refractivity contribution in [1.29, 1.82) is 0 Å². The lowest BCUT2D eigenvalue weighted by atomic mass is 10.0. The van der Waals surface area contributed by atoms with Crippen molar-refractivity contribution in [3.63, 3.8) is 0 Å². The number of aliphatic hydroxyl groups is 1. The van der Waals surface area contributed by atoms with Crippen LogP contribution >= 0.6 is 11.6 Å². The number of nitrogens with zero attached hydrogens (tertiary/aromatic N) is 2. The lowest BCUT2D eigenvalue weighted by Gasteiger charge is -2.10. The van der Waals surface area contributed by atoms with Crippen LogP contribution in [0, 0.1) is 0 Å². The number of aryl methyl sites for hydroxylation is 2. The minimum absolute atomic E-state index is 0.519. The number of rotatable bonds is 4.